The van der Waals surface area contributed by atoms with E-state index in [-0.39, 0.29) is 5.91 Å². The Hall–Kier alpha value is -4.08. The average Bonchev–Trinajstić information content (AvgIpc) is 3.45. The first kappa shape index (κ1) is 20.8. The van der Waals surface area contributed by atoms with E-state index in [9.17, 15) is 4.79 Å². The number of hydrogen-bond acceptors (Lipinski definition) is 7. The molecule has 1 fully saturated rings. The van der Waals surface area contributed by atoms with E-state index < -0.39 is 0 Å². The predicted octanol–water partition coefficient (Wildman–Crippen LogP) is 2.13. The van der Waals surface area contributed by atoms with Crippen LogP contribution in [-0.4, -0.2) is 71.7 Å². The van der Waals surface area contributed by atoms with Crippen LogP contribution in [-0.2, 0) is 0 Å². The lowest BCUT2D eigenvalue weighted by Crippen LogP contribution is -2.49. The van der Waals surface area contributed by atoms with Crippen molar-refractivity contribution in [1.82, 2.24) is 39.6 Å². The van der Waals surface area contributed by atoms with Crippen LogP contribution >= 0.6 is 0 Å². The highest BCUT2D eigenvalue weighted by Gasteiger charge is 2.25. The molecule has 0 aliphatic carbocycles. The van der Waals surface area contributed by atoms with Crippen LogP contribution in [0.2, 0.25) is 0 Å². The molecule has 3 aromatic heterocycles. The topological polar surface area (TPSA) is 97.9 Å². The first-order valence-corrected chi connectivity index (χ1v) is 10.9. The molecule has 1 aromatic carbocycles. The van der Waals surface area contributed by atoms with E-state index >= 15 is 0 Å². The van der Waals surface area contributed by atoms with Crippen molar-refractivity contribution in [2.24, 2.45) is 0 Å². The number of carbonyl (C=O) groups excluding carboxylic acids is 1. The third-order valence-corrected chi connectivity index (χ3v) is 5.63. The number of anilines is 1. The summed E-state index contributed by atoms with van der Waals surface area (Å²) in [5.74, 6) is 2.16. The first-order chi connectivity index (χ1) is 16.0. The molecule has 33 heavy (non-hydrogen) atoms. The molecule has 168 valence electrons. The molecule has 0 saturated carbocycles. The summed E-state index contributed by atoms with van der Waals surface area (Å²) in [5.41, 5.74) is 3.13. The molecule has 10 nitrogen and oxygen atoms in total. The van der Waals surface area contributed by atoms with Gasteiger partial charge in [0.15, 0.2) is 11.5 Å². The molecule has 10 heteroatoms. The maximum absolute atomic E-state index is 13.0. The average molecular weight is 444 g/mol. The fourth-order valence-electron chi connectivity index (χ4n) is 4.02. The second kappa shape index (κ2) is 8.45. The summed E-state index contributed by atoms with van der Waals surface area (Å²) in [7, 11) is 0. The zero-order chi connectivity index (χ0) is 22.9. The molecule has 0 radical (unpaired) electrons. The van der Waals surface area contributed by atoms with Crippen molar-refractivity contribution in [3.63, 3.8) is 0 Å². The van der Waals surface area contributed by atoms with Crippen LogP contribution in [0.4, 0.5) is 5.82 Å². The monoisotopic (exact) mass is 443 g/mol. The lowest BCUT2D eigenvalue weighted by atomic mass is 10.2. The van der Waals surface area contributed by atoms with Crippen LogP contribution in [0, 0.1) is 20.8 Å². The number of amides is 1. The van der Waals surface area contributed by atoms with Crippen molar-refractivity contribution in [1.29, 1.82) is 0 Å². The zero-order valence-electron chi connectivity index (χ0n) is 18.9. The van der Waals surface area contributed by atoms with Gasteiger partial charge < -0.3 is 9.80 Å². The minimum absolute atomic E-state index is 0.112. The van der Waals surface area contributed by atoms with Crippen LogP contribution < -0.4 is 4.90 Å². The van der Waals surface area contributed by atoms with Crippen molar-refractivity contribution in [2.75, 3.05) is 31.1 Å². The Bertz CT molecular complexity index is 1290. The van der Waals surface area contributed by atoms with Crippen LogP contribution in [0.25, 0.3) is 11.5 Å². The van der Waals surface area contributed by atoms with Crippen molar-refractivity contribution >= 4 is 11.7 Å². The standard InChI is InChI=1S/C23H25N9O/c1-16-13-17(2)31(27-16)22-14-21(25-18(3)26-22)29-9-11-30(12-10-29)23(33)20-15-24-32(28-20)19-7-5-4-6-8-19/h4-8,13-15H,9-12H2,1-3H3. The van der Waals surface area contributed by atoms with Crippen molar-refractivity contribution < 1.29 is 4.79 Å². The number of rotatable bonds is 4. The second-order valence-electron chi connectivity index (χ2n) is 8.10. The molecule has 4 heterocycles. The largest absolute Gasteiger partial charge is 0.353 e. The van der Waals surface area contributed by atoms with E-state index in [1.807, 2.05) is 72.8 Å². The summed E-state index contributed by atoms with van der Waals surface area (Å²) in [4.78, 5) is 27.6. The number of hydrogen-bond donors (Lipinski definition) is 0. The van der Waals surface area contributed by atoms with Gasteiger partial charge in [-0.15, -0.1) is 5.10 Å². The van der Waals surface area contributed by atoms with E-state index in [0.717, 1.165) is 28.7 Å². The number of aromatic nitrogens is 7. The van der Waals surface area contributed by atoms with Crippen LogP contribution in [0.1, 0.15) is 27.7 Å². The summed E-state index contributed by atoms with van der Waals surface area (Å²) in [6, 6.07) is 13.5. The summed E-state index contributed by atoms with van der Waals surface area (Å²) < 4.78 is 1.84. The molecule has 0 unspecified atom stereocenters. The molecule has 1 aliphatic rings. The fraction of sp³-hybridized carbons (Fsp3) is 0.304. The summed E-state index contributed by atoms with van der Waals surface area (Å²) in [6.45, 7) is 8.36. The molecule has 4 aromatic rings. The minimum atomic E-state index is -0.112. The molecule has 1 saturated heterocycles. The number of piperazine rings is 1. The van der Waals surface area contributed by atoms with Gasteiger partial charge >= 0.3 is 0 Å². The highest BCUT2D eigenvalue weighted by atomic mass is 16.2. The number of para-hydroxylation sites is 1. The smallest absolute Gasteiger partial charge is 0.276 e. The van der Waals surface area contributed by atoms with Crippen LogP contribution in [0.5, 0.6) is 0 Å². The van der Waals surface area contributed by atoms with Gasteiger partial charge in [0.1, 0.15) is 11.6 Å². The minimum Gasteiger partial charge on any atom is -0.353 e. The molecule has 1 aliphatic heterocycles. The van der Waals surface area contributed by atoms with E-state index in [0.29, 0.717) is 37.7 Å². The highest BCUT2D eigenvalue weighted by Crippen LogP contribution is 2.19. The third-order valence-electron chi connectivity index (χ3n) is 5.63. The number of benzene rings is 1. The summed E-state index contributed by atoms with van der Waals surface area (Å²) >= 11 is 0. The Kier molecular flexibility index (Phi) is 5.33. The molecule has 1 amide bonds. The van der Waals surface area contributed by atoms with Crippen LogP contribution in [0.15, 0.2) is 48.7 Å². The highest BCUT2D eigenvalue weighted by molar-refractivity contribution is 5.92. The molecule has 0 bridgehead atoms. The van der Waals surface area contributed by atoms with E-state index in [1.54, 1.807) is 0 Å². The maximum Gasteiger partial charge on any atom is 0.276 e. The van der Waals surface area contributed by atoms with Gasteiger partial charge in [-0.25, -0.2) is 14.6 Å². The Balaban J connectivity index is 1.28. The number of aryl methyl sites for hydroxylation is 3. The molecule has 0 atom stereocenters. The number of carbonyl (C=O) groups is 1. The van der Waals surface area contributed by atoms with Gasteiger partial charge in [0.2, 0.25) is 0 Å². The predicted molar refractivity (Wildman–Crippen MR) is 123 cm³/mol. The SMILES string of the molecule is Cc1cc(C)n(-c2cc(N3CCN(C(=O)c4cnn(-c5ccccc5)n4)CC3)nc(C)n2)n1. The quantitative estimate of drug-likeness (QED) is 0.477. The normalized spacial score (nSPS) is 14.0. The van der Waals surface area contributed by atoms with Crippen molar-refractivity contribution in [3.8, 4) is 11.5 Å². The van der Waals surface area contributed by atoms with E-state index in [4.69, 9.17) is 0 Å². The van der Waals surface area contributed by atoms with Crippen LogP contribution in [0.3, 0.4) is 0 Å². The Morgan fingerprint density at radius 3 is 2.30 bits per heavy atom. The van der Waals surface area contributed by atoms with Crippen molar-refractivity contribution in [2.45, 2.75) is 20.8 Å². The van der Waals surface area contributed by atoms with E-state index in [1.165, 1.54) is 11.0 Å². The lowest BCUT2D eigenvalue weighted by molar-refractivity contribution is 0.0740. The maximum atomic E-state index is 13.0. The Morgan fingerprint density at radius 1 is 0.879 bits per heavy atom. The molecular formula is C23H25N9O. The third kappa shape index (κ3) is 4.19. The summed E-state index contributed by atoms with van der Waals surface area (Å²) in [6.07, 6.45) is 1.52. The Morgan fingerprint density at radius 2 is 1.61 bits per heavy atom. The second-order valence-corrected chi connectivity index (χ2v) is 8.10. The first-order valence-electron chi connectivity index (χ1n) is 10.9. The summed E-state index contributed by atoms with van der Waals surface area (Å²) in [5, 5.41) is 13.2. The molecular weight excluding hydrogens is 418 g/mol. The van der Waals surface area contributed by atoms with Gasteiger partial charge in [-0.1, -0.05) is 18.2 Å². The Labute approximate surface area is 191 Å². The van der Waals surface area contributed by atoms with Gasteiger partial charge in [0, 0.05) is 37.9 Å². The fourth-order valence-corrected chi connectivity index (χ4v) is 4.02. The van der Waals surface area contributed by atoms with Gasteiger partial charge in [-0.05, 0) is 39.0 Å². The molecule has 0 spiro atoms. The zero-order valence-corrected chi connectivity index (χ0v) is 18.9. The van der Waals surface area contributed by atoms with Gasteiger partial charge in [0.25, 0.3) is 5.91 Å². The van der Waals surface area contributed by atoms with Gasteiger partial charge in [0.05, 0.1) is 17.6 Å². The van der Waals surface area contributed by atoms with Gasteiger partial charge in [-0.2, -0.15) is 15.0 Å². The molecule has 5 rings (SSSR count). The van der Waals surface area contributed by atoms with E-state index in [2.05, 4.69) is 30.2 Å². The van der Waals surface area contributed by atoms with Gasteiger partial charge in [-0.3, -0.25) is 4.79 Å². The lowest BCUT2D eigenvalue weighted by Gasteiger charge is -2.35. The van der Waals surface area contributed by atoms with Crippen molar-refractivity contribution in [3.05, 3.63) is 71.6 Å². The molecule has 0 N–H and O–H groups in total. The number of nitrogens with zero attached hydrogens (tertiary/aromatic N) is 9.